The lowest BCUT2D eigenvalue weighted by Gasteiger charge is -2.26. The van der Waals surface area contributed by atoms with Crippen LogP contribution < -0.4 is 0 Å². The molecular formula is C60H61IN4. The minimum absolute atomic E-state index is 0.0643. The second kappa shape index (κ2) is 16.3. The molecule has 0 amide bonds. The first-order chi connectivity index (χ1) is 30.6. The third kappa shape index (κ3) is 8.84. The fourth-order valence-electron chi connectivity index (χ4n) is 8.92. The zero-order valence-corrected chi connectivity index (χ0v) is 42.2. The van der Waals surface area contributed by atoms with Crippen LogP contribution in [-0.4, -0.2) is 19.9 Å². The molecule has 0 unspecified atom stereocenters. The van der Waals surface area contributed by atoms with Crippen LogP contribution in [-0.2, 0) is 21.7 Å². The summed E-state index contributed by atoms with van der Waals surface area (Å²) in [5.74, 6) is 0. The molecule has 3 aromatic heterocycles. The highest BCUT2D eigenvalue weighted by Crippen LogP contribution is 2.42. The van der Waals surface area contributed by atoms with Gasteiger partial charge in [0, 0.05) is 47.9 Å². The van der Waals surface area contributed by atoms with Gasteiger partial charge in [-0.3, -0.25) is 0 Å². The predicted molar refractivity (Wildman–Crippen MR) is 288 cm³/mol. The van der Waals surface area contributed by atoms with Crippen molar-refractivity contribution in [1.82, 2.24) is 19.9 Å². The molecule has 0 atom stereocenters. The Hall–Kier alpha value is -5.79. The van der Waals surface area contributed by atoms with Crippen molar-refractivity contribution in [3.63, 3.8) is 0 Å². The number of nitrogens with zero attached hydrogens (tertiary/aromatic N) is 2. The van der Waals surface area contributed by atoms with E-state index >= 15 is 0 Å². The number of nitrogens with one attached hydrogen (secondary N) is 2. The summed E-state index contributed by atoms with van der Waals surface area (Å²) < 4.78 is 1.18. The van der Waals surface area contributed by atoms with Gasteiger partial charge in [0.25, 0.3) is 0 Å². The van der Waals surface area contributed by atoms with E-state index in [0.717, 1.165) is 89.4 Å². The van der Waals surface area contributed by atoms with Crippen LogP contribution in [0.3, 0.4) is 0 Å². The molecule has 0 radical (unpaired) electrons. The van der Waals surface area contributed by atoms with Crippen LogP contribution in [0.1, 0.15) is 128 Å². The van der Waals surface area contributed by atoms with Crippen molar-refractivity contribution in [3.05, 3.63) is 164 Å². The molecule has 2 aliphatic rings. The predicted octanol–water partition coefficient (Wildman–Crippen LogP) is 17.1. The number of aromatic nitrogens is 4. The average molecular weight is 965 g/mol. The Bertz CT molecular complexity index is 3080. The number of aromatic amines is 2. The van der Waals surface area contributed by atoms with Crippen molar-refractivity contribution in [2.24, 2.45) is 0 Å². The molecule has 0 spiro atoms. The summed E-state index contributed by atoms with van der Waals surface area (Å²) in [4.78, 5) is 19.2. The fraction of sp³-hybridized carbons (Fsp3) is 0.267. The Morgan fingerprint density at radius 3 is 0.938 bits per heavy atom. The van der Waals surface area contributed by atoms with E-state index in [-0.39, 0.29) is 21.7 Å². The number of H-pyrrole nitrogens is 2. The third-order valence-corrected chi connectivity index (χ3v) is 13.6. The molecule has 328 valence electrons. The molecule has 2 aliphatic heterocycles. The van der Waals surface area contributed by atoms with Crippen LogP contribution in [0.25, 0.3) is 90.9 Å². The van der Waals surface area contributed by atoms with E-state index < -0.39 is 0 Å². The maximum atomic E-state index is 5.63. The van der Waals surface area contributed by atoms with E-state index in [4.69, 9.17) is 9.97 Å². The molecule has 8 bridgehead atoms. The van der Waals surface area contributed by atoms with Crippen molar-refractivity contribution in [3.8, 4) is 44.5 Å². The van der Waals surface area contributed by atoms with Crippen LogP contribution in [0.5, 0.6) is 0 Å². The van der Waals surface area contributed by atoms with Gasteiger partial charge < -0.3 is 9.97 Å². The lowest BCUT2D eigenvalue weighted by Crippen LogP contribution is -2.16. The SMILES string of the molecule is CC(C)(C)c1cc(-c2c3nc(c(-c4ccc(I)cc4)c4ccc([nH]4)c(-c4cc(C(C)(C)C)cc(C(C)(C)C)c4)c4nc(c(-c5ccccc5)c5ccc2[nH]5)C=C4)C=C3)cc(C(C)(C)C)c1. The number of fused-ring (bicyclic) bond motifs is 8. The second-order valence-corrected chi connectivity index (χ2v) is 23.2. The second-order valence-electron chi connectivity index (χ2n) is 22.0. The molecule has 5 heterocycles. The topological polar surface area (TPSA) is 57.4 Å². The Balaban J connectivity index is 1.49. The van der Waals surface area contributed by atoms with E-state index in [0.29, 0.717) is 0 Å². The summed E-state index contributed by atoms with van der Waals surface area (Å²) in [6.07, 6.45) is 8.80. The maximum absolute atomic E-state index is 5.63. The van der Waals surface area contributed by atoms with Gasteiger partial charge in [0.05, 0.1) is 22.8 Å². The van der Waals surface area contributed by atoms with E-state index in [2.05, 4.69) is 255 Å². The molecule has 4 nitrogen and oxygen atoms in total. The van der Waals surface area contributed by atoms with Crippen LogP contribution in [0.15, 0.2) is 115 Å². The lowest BCUT2D eigenvalue weighted by atomic mass is 9.78. The molecule has 0 fully saturated rings. The summed E-state index contributed by atoms with van der Waals surface area (Å²) in [6.45, 7) is 27.6. The quantitative estimate of drug-likeness (QED) is 0.173. The molecule has 9 rings (SSSR count). The molecule has 5 heteroatoms. The molecular weight excluding hydrogens is 904 g/mol. The number of hydrogen-bond donors (Lipinski definition) is 2. The number of benzene rings is 4. The first-order valence-electron chi connectivity index (χ1n) is 22.9. The summed E-state index contributed by atoms with van der Waals surface area (Å²) in [5, 5.41) is 0. The van der Waals surface area contributed by atoms with Gasteiger partial charge in [-0.25, -0.2) is 9.97 Å². The Labute approximate surface area is 399 Å². The number of hydrogen-bond acceptors (Lipinski definition) is 2. The highest BCUT2D eigenvalue weighted by Gasteiger charge is 2.26. The van der Waals surface area contributed by atoms with E-state index in [1.807, 2.05) is 0 Å². The van der Waals surface area contributed by atoms with E-state index in [1.54, 1.807) is 0 Å². The Morgan fingerprint density at radius 2 is 0.631 bits per heavy atom. The largest absolute Gasteiger partial charge is 0.354 e. The smallest absolute Gasteiger partial charge is 0.0737 e. The normalized spacial score (nSPS) is 13.2. The minimum Gasteiger partial charge on any atom is -0.354 e. The van der Waals surface area contributed by atoms with Gasteiger partial charge in [-0.05, 0) is 149 Å². The molecule has 4 aromatic carbocycles. The Kier molecular flexibility index (Phi) is 11.1. The van der Waals surface area contributed by atoms with Crippen molar-refractivity contribution in [2.75, 3.05) is 0 Å². The molecule has 7 aromatic rings. The fourth-order valence-corrected chi connectivity index (χ4v) is 9.28. The van der Waals surface area contributed by atoms with Crippen LogP contribution in [0.2, 0.25) is 0 Å². The number of rotatable bonds is 4. The van der Waals surface area contributed by atoms with Crippen molar-refractivity contribution in [2.45, 2.75) is 105 Å². The van der Waals surface area contributed by atoms with Gasteiger partial charge in [-0.1, -0.05) is 162 Å². The summed E-state index contributed by atoms with van der Waals surface area (Å²) in [6, 6.07) is 42.7. The summed E-state index contributed by atoms with van der Waals surface area (Å²) in [5.41, 5.74) is 21.2. The zero-order valence-electron chi connectivity index (χ0n) is 40.1. The summed E-state index contributed by atoms with van der Waals surface area (Å²) >= 11 is 2.39. The van der Waals surface area contributed by atoms with E-state index in [9.17, 15) is 0 Å². The van der Waals surface area contributed by atoms with Crippen LogP contribution in [0, 0.1) is 3.57 Å². The lowest BCUT2D eigenvalue weighted by molar-refractivity contribution is 0.568. The van der Waals surface area contributed by atoms with Crippen molar-refractivity contribution in [1.29, 1.82) is 0 Å². The first kappa shape index (κ1) is 44.4. The third-order valence-electron chi connectivity index (χ3n) is 12.9. The van der Waals surface area contributed by atoms with Gasteiger partial charge in [0.2, 0.25) is 0 Å². The minimum atomic E-state index is -0.0643. The number of halogens is 1. The molecule has 65 heavy (non-hydrogen) atoms. The van der Waals surface area contributed by atoms with Gasteiger partial charge in [0.1, 0.15) is 0 Å². The zero-order chi connectivity index (χ0) is 46.2. The Morgan fingerprint density at radius 1 is 0.338 bits per heavy atom. The highest BCUT2D eigenvalue weighted by atomic mass is 127. The monoisotopic (exact) mass is 964 g/mol. The van der Waals surface area contributed by atoms with Crippen molar-refractivity contribution < 1.29 is 0 Å². The molecule has 2 N–H and O–H groups in total. The average Bonchev–Trinajstić information content (AvgIpc) is 4.09. The van der Waals surface area contributed by atoms with Gasteiger partial charge in [-0.15, -0.1) is 0 Å². The van der Waals surface area contributed by atoms with Crippen molar-refractivity contribution >= 4 is 69.0 Å². The molecule has 0 saturated heterocycles. The van der Waals surface area contributed by atoms with E-state index in [1.165, 1.54) is 25.8 Å². The van der Waals surface area contributed by atoms with Gasteiger partial charge in [-0.2, -0.15) is 0 Å². The molecule has 0 aliphatic carbocycles. The highest BCUT2D eigenvalue weighted by molar-refractivity contribution is 14.1. The van der Waals surface area contributed by atoms with Gasteiger partial charge >= 0.3 is 0 Å². The van der Waals surface area contributed by atoms with Crippen LogP contribution in [0.4, 0.5) is 0 Å². The van der Waals surface area contributed by atoms with Crippen LogP contribution >= 0.6 is 22.6 Å². The van der Waals surface area contributed by atoms with Gasteiger partial charge in [0.15, 0.2) is 0 Å². The standard InChI is InChI=1S/C60H61IN4/c1-57(2,3)40-30-38(31-41(34-40)58(4,5)6)55-49-26-22-45(62-49)53(36-16-14-13-15-17-36)46-23-27-50(63-46)56(39-32-42(59(7,8)9)35-43(33-39)60(10,11)12)52-29-25-48(65-52)54(47-24-28-51(55)64-47)37-18-20-44(61)21-19-37/h13-35,62,65H,1-12H3. The first-order valence-corrected chi connectivity index (χ1v) is 24.0. The maximum Gasteiger partial charge on any atom is 0.0737 e. The molecule has 0 saturated carbocycles. The summed E-state index contributed by atoms with van der Waals surface area (Å²) in [7, 11) is 0.